The first-order valence-electron chi connectivity index (χ1n) is 12.4. The van der Waals surface area contributed by atoms with Crippen LogP contribution in [0.1, 0.15) is 30.8 Å². The Morgan fingerprint density at radius 2 is 2.08 bits per heavy atom. The number of nitrogens with zero attached hydrogens (tertiary/aromatic N) is 6. The Labute approximate surface area is 230 Å². The molecule has 4 aliphatic rings. The Morgan fingerprint density at radius 1 is 1.28 bits per heavy atom. The number of carboxylic acid groups (broad SMARTS) is 1. The van der Waals surface area contributed by atoms with Gasteiger partial charge in [0.1, 0.15) is 28.7 Å². The minimum atomic E-state index is -1.24. The first-order valence-corrected chi connectivity index (χ1v) is 14.5. The number of β-lactam (4-membered cyclic amide) rings is 1. The number of fused-ring (bicyclic) bond motifs is 2. The van der Waals surface area contributed by atoms with Crippen molar-refractivity contribution in [1.82, 2.24) is 34.7 Å². The van der Waals surface area contributed by atoms with Gasteiger partial charge in [0, 0.05) is 29.6 Å². The second-order valence-electron chi connectivity index (χ2n) is 9.71. The van der Waals surface area contributed by atoms with Gasteiger partial charge in [0.15, 0.2) is 5.82 Å². The van der Waals surface area contributed by atoms with Crippen LogP contribution in [0.5, 0.6) is 0 Å². The lowest BCUT2D eigenvalue weighted by atomic mass is 10.0. The van der Waals surface area contributed by atoms with Crippen molar-refractivity contribution < 1.29 is 29.4 Å². The van der Waals surface area contributed by atoms with E-state index in [1.165, 1.54) is 32.9 Å². The number of hydrogen-bond donors (Lipinski definition) is 3. The van der Waals surface area contributed by atoms with E-state index in [2.05, 4.69) is 20.4 Å². The summed E-state index contributed by atoms with van der Waals surface area (Å²) in [6, 6.07) is 1.19. The lowest BCUT2D eigenvalue weighted by molar-refractivity contribution is -0.150. The van der Waals surface area contributed by atoms with E-state index in [0.29, 0.717) is 52.4 Å². The first-order chi connectivity index (χ1) is 18.7. The molecule has 204 valence electrons. The van der Waals surface area contributed by atoms with E-state index < -0.39 is 29.2 Å². The lowest BCUT2D eigenvalue weighted by Gasteiger charge is -2.49. The number of carbonyl (C=O) groups is 4. The lowest BCUT2D eigenvalue weighted by Crippen LogP contribution is -2.70. The number of allylic oxidation sites excluding steroid dienone is 1. The van der Waals surface area contributed by atoms with Crippen molar-refractivity contribution in [1.29, 1.82) is 0 Å². The number of aliphatic carboxylic acids is 1. The van der Waals surface area contributed by atoms with Gasteiger partial charge in [-0.25, -0.2) is 9.78 Å². The molecule has 1 saturated carbocycles. The van der Waals surface area contributed by atoms with Gasteiger partial charge >= 0.3 is 5.97 Å². The summed E-state index contributed by atoms with van der Waals surface area (Å²) < 4.78 is 1.45. The number of thioether (sulfide) groups is 2. The maximum absolute atomic E-state index is 13.0. The zero-order chi connectivity index (χ0) is 27.4. The van der Waals surface area contributed by atoms with Crippen LogP contribution in [0.3, 0.4) is 0 Å². The molecule has 2 aromatic rings. The summed E-state index contributed by atoms with van der Waals surface area (Å²) in [4.78, 5) is 62.1. The molecule has 1 aliphatic carbocycles. The van der Waals surface area contributed by atoms with E-state index in [1.807, 2.05) is 4.90 Å². The van der Waals surface area contributed by atoms with Gasteiger partial charge in [-0.3, -0.25) is 19.3 Å². The third kappa shape index (κ3) is 4.67. The summed E-state index contributed by atoms with van der Waals surface area (Å²) in [5.41, 5.74) is 1.55. The highest BCUT2D eigenvalue weighted by Gasteiger charge is 2.54. The molecule has 3 aliphatic heterocycles. The van der Waals surface area contributed by atoms with Gasteiger partial charge in [0.25, 0.3) is 11.7 Å². The zero-order valence-corrected chi connectivity index (χ0v) is 22.5. The van der Waals surface area contributed by atoms with Crippen LogP contribution in [0.2, 0.25) is 0 Å². The quantitative estimate of drug-likeness (QED) is 0.170. The number of amides is 3. The van der Waals surface area contributed by atoms with Crippen LogP contribution in [-0.4, -0.2) is 98.8 Å². The van der Waals surface area contributed by atoms with E-state index >= 15 is 0 Å². The minimum absolute atomic E-state index is 0.0212. The Kier molecular flexibility index (Phi) is 6.59. The van der Waals surface area contributed by atoms with Gasteiger partial charge in [0.2, 0.25) is 11.8 Å². The number of aliphatic hydroxyl groups excluding tert-OH is 1. The number of hydrogen-bond acceptors (Lipinski definition) is 10. The van der Waals surface area contributed by atoms with E-state index in [4.69, 9.17) is 0 Å². The average Bonchev–Trinajstić information content (AvgIpc) is 3.57. The largest absolute Gasteiger partial charge is 0.477 e. The SMILES string of the molecule is Cc1cc(SCC(=O)N[C@@H]2C(=O)N3C(C(=O)O)=C(C=C4CCN(C5CC5)C4=O)CS[C@H]23)n2nc(CO)nc2n1. The molecule has 2 aromatic heterocycles. The third-order valence-electron chi connectivity index (χ3n) is 6.95. The van der Waals surface area contributed by atoms with Crippen LogP contribution < -0.4 is 5.32 Å². The predicted molar refractivity (Wildman–Crippen MR) is 139 cm³/mol. The van der Waals surface area contributed by atoms with E-state index in [1.54, 1.807) is 19.1 Å². The summed E-state index contributed by atoms with van der Waals surface area (Å²) in [6.45, 7) is 2.08. The topological polar surface area (TPSA) is 170 Å². The highest BCUT2D eigenvalue weighted by atomic mass is 32.2. The van der Waals surface area contributed by atoms with Crippen molar-refractivity contribution in [3.63, 3.8) is 0 Å². The molecular weight excluding hydrogens is 546 g/mol. The van der Waals surface area contributed by atoms with Crippen LogP contribution >= 0.6 is 23.5 Å². The number of aromatic nitrogens is 4. The van der Waals surface area contributed by atoms with Gasteiger partial charge in [-0.15, -0.1) is 16.9 Å². The number of aliphatic hydroxyl groups is 1. The van der Waals surface area contributed by atoms with Gasteiger partial charge in [-0.05, 0) is 43.9 Å². The van der Waals surface area contributed by atoms with E-state index in [0.717, 1.165) is 12.8 Å². The molecule has 3 fully saturated rings. The fourth-order valence-electron chi connectivity index (χ4n) is 4.99. The van der Waals surface area contributed by atoms with Crippen LogP contribution in [0.4, 0.5) is 0 Å². The smallest absolute Gasteiger partial charge is 0.352 e. The Balaban J connectivity index is 1.13. The Bertz CT molecular complexity index is 1480. The van der Waals surface area contributed by atoms with Crippen LogP contribution in [0.25, 0.3) is 5.78 Å². The molecule has 6 rings (SSSR count). The minimum Gasteiger partial charge on any atom is -0.477 e. The standard InChI is InChI=1S/C24H25N7O6S2/c1-11-6-17(31-24(25-11)26-15(8-32)28-31)38-10-16(33)27-18-21(35)30-19(23(36)37)13(9-39-22(18)30)7-12-4-5-29(20(12)34)14-2-3-14/h6-7,14,18,22,32H,2-5,8-10H2,1H3,(H,27,33)(H,36,37)/t18-,22-/m1/s1. The highest BCUT2D eigenvalue weighted by molar-refractivity contribution is 8.00. The summed E-state index contributed by atoms with van der Waals surface area (Å²) in [5, 5.41) is 26.2. The van der Waals surface area contributed by atoms with E-state index in [9.17, 15) is 29.4 Å². The normalized spacial score (nSPS) is 24.0. The maximum atomic E-state index is 13.0. The molecule has 5 heterocycles. The summed E-state index contributed by atoms with van der Waals surface area (Å²) in [6.07, 6.45) is 4.20. The molecule has 39 heavy (non-hydrogen) atoms. The Hall–Kier alpha value is -3.43. The second-order valence-corrected chi connectivity index (χ2v) is 11.8. The van der Waals surface area contributed by atoms with Crippen molar-refractivity contribution in [2.45, 2.75) is 55.3 Å². The first kappa shape index (κ1) is 25.8. The molecule has 0 bridgehead atoms. The summed E-state index contributed by atoms with van der Waals surface area (Å²) >= 11 is 2.54. The van der Waals surface area contributed by atoms with Crippen molar-refractivity contribution in [3.05, 3.63) is 40.5 Å². The molecule has 2 saturated heterocycles. The number of likely N-dealkylation sites (tertiary alicyclic amines) is 1. The Morgan fingerprint density at radius 3 is 2.79 bits per heavy atom. The van der Waals surface area contributed by atoms with Crippen molar-refractivity contribution in [3.8, 4) is 0 Å². The molecule has 3 amide bonds. The van der Waals surface area contributed by atoms with E-state index in [-0.39, 0.29) is 29.8 Å². The maximum Gasteiger partial charge on any atom is 0.352 e. The number of rotatable bonds is 8. The van der Waals surface area contributed by atoms with Crippen LogP contribution in [-0.2, 0) is 25.8 Å². The second kappa shape index (κ2) is 9.95. The fourth-order valence-corrected chi connectivity index (χ4v) is 7.15. The van der Waals surface area contributed by atoms with Crippen molar-refractivity contribution in [2.24, 2.45) is 0 Å². The van der Waals surface area contributed by atoms with Gasteiger partial charge < -0.3 is 20.4 Å². The molecule has 0 radical (unpaired) electrons. The van der Waals surface area contributed by atoms with Gasteiger partial charge in [0.05, 0.1) is 5.75 Å². The molecular formula is C24H25N7O6S2. The average molecular weight is 572 g/mol. The molecule has 3 N–H and O–H groups in total. The van der Waals surface area contributed by atoms with Crippen molar-refractivity contribution in [2.75, 3.05) is 18.1 Å². The summed E-state index contributed by atoms with van der Waals surface area (Å²) in [7, 11) is 0. The highest BCUT2D eigenvalue weighted by Crippen LogP contribution is 2.42. The molecule has 2 atom stereocenters. The number of carboxylic acids is 1. The molecule has 13 nitrogen and oxygen atoms in total. The van der Waals surface area contributed by atoms with Crippen molar-refractivity contribution >= 4 is 53.0 Å². The number of aryl methyl sites for hydroxylation is 1. The molecule has 0 aromatic carbocycles. The van der Waals surface area contributed by atoms with Gasteiger partial charge in [-0.2, -0.15) is 9.50 Å². The number of carbonyl (C=O) groups excluding carboxylic acids is 3. The summed E-state index contributed by atoms with van der Waals surface area (Å²) in [5.74, 6) is -1.38. The van der Waals surface area contributed by atoms with Crippen LogP contribution in [0, 0.1) is 6.92 Å². The van der Waals surface area contributed by atoms with Gasteiger partial charge in [-0.1, -0.05) is 11.8 Å². The fraction of sp³-hybridized carbons (Fsp3) is 0.458. The monoisotopic (exact) mass is 571 g/mol. The third-order valence-corrected chi connectivity index (χ3v) is 9.25. The predicted octanol–water partition coefficient (Wildman–Crippen LogP) is 0.0768. The molecule has 15 heteroatoms. The zero-order valence-electron chi connectivity index (χ0n) is 20.9. The number of nitrogens with one attached hydrogen (secondary N) is 1. The molecule has 0 spiro atoms. The molecule has 0 unspecified atom stereocenters. The van der Waals surface area contributed by atoms with Crippen LogP contribution in [0.15, 0.2) is 34.0 Å².